The van der Waals surface area contributed by atoms with Crippen molar-refractivity contribution in [1.29, 1.82) is 5.26 Å². The van der Waals surface area contributed by atoms with Gasteiger partial charge in [0.2, 0.25) is 0 Å². The molecular weight excluding hydrogens is 174 g/mol. The summed E-state index contributed by atoms with van der Waals surface area (Å²) in [5.41, 5.74) is 3.34. The molecule has 14 heavy (non-hydrogen) atoms. The van der Waals surface area contributed by atoms with Crippen LogP contribution in [-0.2, 0) is 11.2 Å². The van der Waals surface area contributed by atoms with E-state index in [9.17, 15) is 4.79 Å². The number of Topliss-reactive ketones (excluding diaryl/α,β-unsaturated/α-hetero) is 1. The molecule has 1 aromatic carbocycles. The molecule has 0 aromatic heterocycles. The number of ketones is 1. The van der Waals surface area contributed by atoms with Crippen molar-refractivity contribution < 1.29 is 4.79 Å². The Morgan fingerprint density at radius 1 is 1.43 bits per heavy atom. The second-order valence-electron chi connectivity index (χ2n) is 3.48. The number of carbonyl (C=O) groups is 1. The first-order valence-corrected chi connectivity index (χ1v) is 4.58. The van der Waals surface area contributed by atoms with E-state index in [1.807, 2.05) is 32.0 Å². The lowest BCUT2D eigenvalue weighted by Crippen LogP contribution is -2.02. The summed E-state index contributed by atoms with van der Waals surface area (Å²) < 4.78 is 0. The third-order valence-electron chi connectivity index (χ3n) is 2.16. The van der Waals surface area contributed by atoms with Gasteiger partial charge in [-0.05, 0) is 25.0 Å². The monoisotopic (exact) mass is 187 g/mol. The van der Waals surface area contributed by atoms with E-state index >= 15 is 0 Å². The first-order valence-electron chi connectivity index (χ1n) is 4.58. The minimum atomic E-state index is -0.0144. The minimum Gasteiger partial charge on any atom is -0.298 e. The molecular formula is C12H13NO. The zero-order valence-corrected chi connectivity index (χ0v) is 8.50. The number of nitrogens with zero attached hydrogens (tertiary/aromatic N) is 1. The molecule has 0 radical (unpaired) electrons. The third kappa shape index (κ3) is 2.70. The van der Waals surface area contributed by atoms with Crippen molar-refractivity contribution in [3.05, 3.63) is 34.9 Å². The minimum absolute atomic E-state index is 0.00726. The normalized spacial score (nSPS) is 9.50. The van der Waals surface area contributed by atoms with Crippen molar-refractivity contribution in [2.24, 2.45) is 0 Å². The van der Waals surface area contributed by atoms with Gasteiger partial charge >= 0.3 is 0 Å². The van der Waals surface area contributed by atoms with Gasteiger partial charge in [-0.25, -0.2) is 0 Å². The Hall–Kier alpha value is -1.62. The molecule has 0 heterocycles. The maximum atomic E-state index is 11.2. The highest BCUT2D eigenvalue weighted by molar-refractivity contribution is 5.82. The highest BCUT2D eigenvalue weighted by atomic mass is 16.1. The number of benzene rings is 1. The molecule has 1 rings (SSSR count). The van der Waals surface area contributed by atoms with Gasteiger partial charge in [0, 0.05) is 6.42 Å². The summed E-state index contributed by atoms with van der Waals surface area (Å²) in [6.07, 6.45) is 0.382. The molecule has 0 saturated heterocycles. The summed E-state index contributed by atoms with van der Waals surface area (Å²) in [7, 11) is 0. The van der Waals surface area contributed by atoms with Crippen molar-refractivity contribution in [1.82, 2.24) is 0 Å². The molecule has 0 aliphatic carbocycles. The van der Waals surface area contributed by atoms with Crippen LogP contribution in [0.5, 0.6) is 0 Å². The quantitative estimate of drug-likeness (QED) is 0.728. The molecule has 72 valence electrons. The Bertz CT molecular complexity index is 388. The third-order valence-corrected chi connectivity index (χ3v) is 2.16. The van der Waals surface area contributed by atoms with Gasteiger partial charge in [0.25, 0.3) is 0 Å². The van der Waals surface area contributed by atoms with Crippen LogP contribution in [0.4, 0.5) is 0 Å². The van der Waals surface area contributed by atoms with Crippen molar-refractivity contribution >= 4 is 5.78 Å². The predicted octanol–water partition coefficient (Wildman–Crippen LogP) is 2.33. The Balaban J connectivity index is 2.78. The van der Waals surface area contributed by atoms with Gasteiger partial charge < -0.3 is 0 Å². The molecule has 0 aliphatic rings. The Kier molecular flexibility index (Phi) is 3.41. The molecule has 0 bridgehead atoms. The first kappa shape index (κ1) is 10.5. The fourth-order valence-corrected chi connectivity index (χ4v) is 1.41. The van der Waals surface area contributed by atoms with Crippen molar-refractivity contribution in [3.8, 4) is 6.07 Å². The summed E-state index contributed by atoms with van der Waals surface area (Å²) in [4.78, 5) is 11.2. The highest BCUT2D eigenvalue weighted by Gasteiger charge is 2.05. The van der Waals surface area contributed by atoms with Crippen molar-refractivity contribution in [2.45, 2.75) is 26.7 Å². The highest BCUT2D eigenvalue weighted by Crippen LogP contribution is 2.11. The molecule has 1 aromatic rings. The van der Waals surface area contributed by atoms with Crippen LogP contribution in [0.3, 0.4) is 0 Å². The van der Waals surface area contributed by atoms with Crippen LogP contribution >= 0.6 is 0 Å². The molecule has 0 aliphatic heterocycles. The van der Waals surface area contributed by atoms with Gasteiger partial charge in [-0.3, -0.25) is 4.79 Å². The van der Waals surface area contributed by atoms with E-state index in [0.29, 0.717) is 6.42 Å². The van der Waals surface area contributed by atoms with Gasteiger partial charge in [-0.2, -0.15) is 5.26 Å². The summed E-state index contributed by atoms with van der Waals surface area (Å²) in [6, 6.07) is 7.87. The van der Waals surface area contributed by atoms with Crippen molar-refractivity contribution in [2.75, 3.05) is 0 Å². The molecule has 0 fully saturated rings. The summed E-state index contributed by atoms with van der Waals surface area (Å²) in [6.45, 7) is 4.01. The van der Waals surface area contributed by atoms with Gasteiger partial charge in [-0.1, -0.05) is 23.8 Å². The molecule has 0 saturated carbocycles. The second-order valence-corrected chi connectivity index (χ2v) is 3.48. The molecule has 2 heteroatoms. The Labute approximate surface area is 84.2 Å². The van der Waals surface area contributed by atoms with Crippen molar-refractivity contribution in [3.63, 3.8) is 0 Å². The number of aryl methyl sites for hydroxylation is 2. The van der Waals surface area contributed by atoms with E-state index in [0.717, 1.165) is 11.1 Å². The van der Waals surface area contributed by atoms with Crippen LogP contribution in [0.15, 0.2) is 18.2 Å². The maximum Gasteiger partial charge on any atom is 0.151 e. The predicted molar refractivity (Wildman–Crippen MR) is 54.9 cm³/mol. The topological polar surface area (TPSA) is 40.9 Å². The van der Waals surface area contributed by atoms with Gasteiger partial charge in [0.15, 0.2) is 5.78 Å². The number of nitriles is 1. The van der Waals surface area contributed by atoms with E-state index < -0.39 is 0 Å². The first-order chi connectivity index (χ1) is 6.63. The molecule has 0 unspecified atom stereocenters. The summed E-state index contributed by atoms with van der Waals surface area (Å²) in [5, 5.41) is 8.36. The average Bonchev–Trinajstić information content (AvgIpc) is 2.10. The SMILES string of the molecule is Cc1ccc(CC(=O)CC#N)c(C)c1. The molecule has 0 atom stereocenters. The second kappa shape index (κ2) is 4.57. The van der Waals surface area contributed by atoms with Crippen LogP contribution in [-0.4, -0.2) is 5.78 Å². The summed E-state index contributed by atoms with van der Waals surface area (Å²) >= 11 is 0. The lowest BCUT2D eigenvalue weighted by molar-refractivity contribution is -0.117. The average molecular weight is 187 g/mol. The van der Waals surface area contributed by atoms with E-state index in [1.165, 1.54) is 5.56 Å². The summed E-state index contributed by atoms with van der Waals surface area (Å²) in [5.74, 6) is -0.0144. The standard InChI is InChI=1S/C12H13NO/c1-9-3-4-11(10(2)7-9)8-12(14)5-6-13/h3-4,7H,5,8H2,1-2H3. The molecule has 0 spiro atoms. The van der Waals surface area contributed by atoms with E-state index in [2.05, 4.69) is 6.07 Å². The fourth-order valence-electron chi connectivity index (χ4n) is 1.41. The number of hydrogen-bond acceptors (Lipinski definition) is 2. The van der Waals surface area contributed by atoms with Gasteiger partial charge in [0.1, 0.15) is 0 Å². The Morgan fingerprint density at radius 2 is 2.14 bits per heavy atom. The fraction of sp³-hybridized carbons (Fsp3) is 0.333. The van der Waals surface area contributed by atoms with Crippen LogP contribution < -0.4 is 0 Å². The molecule has 0 N–H and O–H groups in total. The van der Waals surface area contributed by atoms with E-state index in [-0.39, 0.29) is 12.2 Å². The zero-order valence-electron chi connectivity index (χ0n) is 8.50. The lowest BCUT2D eigenvalue weighted by Gasteiger charge is -2.04. The number of carbonyl (C=O) groups excluding carboxylic acids is 1. The van der Waals surface area contributed by atoms with Gasteiger partial charge in [0.05, 0.1) is 12.5 Å². The van der Waals surface area contributed by atoms with E-state index in [4.69, 9.17) is 5.26 Å². The van der Waals surface area contributed by atoms with E-state index in [1.54, 1.807) is 0 Å². The van der Waals surface area contributed by atoms with Gasteiger partial charge in [-0.15, -0.1) is 0 Å². The molecule has 0 amide bonds. The Morgan fingerprint density at radius 3 is 2.71 bits per heavy atom. The number of hydrogen-bond donors (Lipinski definition) is 0. The van der Waals surface area contributed by atoms with Crippen LogP contribution in [0.1, 0.15) is 23.1 Å². The smallest absolute Gasteiger partial charge is 0.151 e. The zero-order chi connectivity index (χ0) is 10.6. The number of rotatable bonds is 3. The van der Waals surface area contributed by atoms with Crippen LogP contribution in [0, 0.1) is 25.2 Å². The maximum absolute atomic E-state index is 11.2. The van der Waals surface area contributed by atoms with Crippen LogP contribution in [0.25, 0.3) is 0 Å². The lowest BCUT2D eigenvalue weighted by atomic mass is 10.0. The van der Waals surface area contributed by atoms with Crippen LogP contribution in [0.2, 0.25) is 0 Å². The largest absolute Gasteiger partial charge is 0.298 e. The molecule has 2 nitrogen and oxygen atoms in total.